The predicted octanol–water partition coefficient (Wildman–Crippen LogP) is 6.80. The number of esters is 1. The highest BCUT2D eigenvalue weighted by atomic mass is 32.1. The average molecular weight is 603 g/mol. The van der Waals surface area contributed by atoms with Gasteiger partial charge in [-0.3, -0.25) is 4.79 Å². The molecule has 232 valence electrons. The monoisotopic (exact) mass is 602 g/mol. The van der Waals surface area contributed by atoms with Gasteiger partial charge in [0.2, 0.25) is 5.91 Å². The Bertz CT molecular complexity index is 1160. The number of aromatic carboxylic acids is 1. The van der Waals surface area contributed by atoms with Crippen LogP contribution >= 0.6 is 11.3 Å². The smallest absolute Gasteiger partial charge is 0.408 e. The zero-order valence-electron chi connectivity index (χ0n) is 25.4. The summed E-state index contributed by atoms with van der Waals surface area (Å²) in [7, 11) is 1.28. The lowest BCUT2D eigenvalue weighted by atomic mass is 9.81. The molecule has 0 aliphatic heterocycles. The first-order valence-corrected chi connectivity index (χ1v) is 16.3. The molecule has 3 aliphatic rings. The zero-order chi connectivity index (χ0) is 30.4. The van der Waals surface area contributed by atoms with Crippen LogP contribution in [0.5, 0.6) is 0 Å². The van der Waals surface area contributed by atoms with Gasteiger partial charge in [0.15, 0.2) is 0 Å². The Morgan fingerprint density at radius 3 is 2.29 bits per heavy atom. The molecular weight excluding hydrogens is 556 g/mol. The van der Waals surface area contributed by atoms with Crippen molar-refractivity contribution in [2.75, 3.05) is 12.0 Å². The van der Waals surface area contributed by atoms with Gasteiger partial charge in [-0.2, -0.15) is 0 Å². The van der Waals surface area contributed by atoms with E-state index in [4.69, 9.17) is 9.47 Å². The Hall–Kier alpha value is -2.88. The number of methoxy groups -OCH3 is 1. The number of carboxylic acids is 1. The highest BCUT2D eigenvalue weighted by molar-refractivity contribution is 7.15. The molecule has 3 aliphatic carbocycles. The number of thiophene rings is 1. The third kappa shape index (κ3) is 7.74. The van der Waals surface area contributed by atoms with Crippen LogP contribution in [0.1, 0.15) is 112 Å². The van der Waals surface area contributed by atoms with E-state index in [1.807, 2.05) is 19.9 Å². The number of nitrogens with zero attached hydrogens (tertiary/aromatic N) is 1. The van der Waals surface area contributed by atoms with E-state index in [1.165, 1.54) is 24.0 Å². The second-order valence-electron chi connectivity index (χ2n) is 12.5. The fourth-order valence-corrected chi connectivity index (χ4v) is 7.55. The van der Waals surface area contributed by atoms with Crippen molar-refractivity contribution in [2.45, 2.75) is 116 Å². The molecule has 0 bridgehead atoms. The van der Waals surface area contributed by atoms with Gasteiger partial charge >= 0.3 is 18.0 Å². The number of carbonyl (C=O) groups excluding carboxylic acids is 3. The maximum absolute atomic E-state index is 14.2. The third-order valence-electron chi connectivity index (χ3n) is 9.05. The van der Waals surface area contributed by atoms with Crippen LogP contribution in [-0.4, -0.2) is 54.3 Å². The van der Waals surface area contributed by atoms with Crippen molar-refractivity contribution in [2.24, 2.45) is 17.8 Å². The largest absolute Gasteiger partial charge is 0.477 e. The summed E-state index contributed by atoms with van der Waals surface area (Å²) in [6.07, 6.45) is 11.2. The van der Waals surface area contributed by atoms with Crippen LogP contribution in [-0.2, 0) is 19.1 Å². The number of rotatable bonds is 9. The van der Waals surface area contributed by atoms with Crippen LogP contribution in [0.25, 0.3) is 5.57 Å². The summed E-state index contributed by atoms with van der Waals surface area (Å²) in [4.78, 5) is 54.3. The molecule has 9 nitrogen and oxygen atoms in total. The molecule has 2 fully saturated rings. The van der Waals surface area contributed by atoms with Crippen LogP contribution in [0.2, 0.25) is 0 Å². The predicted molar refractivity (Wildman–Crippen MR) is 163 cm³/mol. The van der Waals surface area contributed by atoms with E-state index >= 15 is 0 Å². The molecule has 1 heterocycles. The van der Waals surface area contributed by atoms with Gasteiger partial charge in [0.25, 0.3) is 0 Å². The summed E-state index contributed by atoms with van der Waals surface area (Å²) in [5, 5.41) is 12.8. The molecule has 4 rings (SSSR count). The quantitative estimate of drug-likeness (QED) is 0.298. The van der Waals surface area contributed by atoms with Gasteiger partial charge in [0, 0.05) is 16.8 Å². The molecule has 1 aromatic rings. The summed E-state index contributed by atoms with van der Waals surface area (Å²) in [5.41, 5.74) is 1.69. The SMILES string of the molecule is COC(=O)C(NC(=O)OC1CCC(N(C(=O)C2CCC(C)CC2)c2cc(C3=CCCCC3)sc2C(=O)O)CC1)C(C)C. The van der Waals surface area contributed by atoms with E-state index in [0.717, 1.165) is 56.2 Å². The summed E-state index contributed by atoms with van der Waals surface area (Å²) < 4.78 is 10.5. The molecule has 1 atom stereocenters. The van der Waals surface area contributed by atoms with E-state index in [2.05, 4.69) is 18.3 Å². The molecule has 0 radical (unpaired) electrons. The van der Waals surface area contributed by atoms with Crippen LogP contribution < -0.4 is 10.2 Å². The van der Waals surface area contributed by atoms with E-state index < -0.39 is 24.1 Å². The highest BCUT2D eigenvalue weighted by Crippen LogP contribution is 2.42. The highest BCUT2D eigenvalue weighted by Gasteiger charge is 2.38. The Morgan fingerprint density at radius 2 is 1.71 bits per heavy atom. The summed E-state index contributed by atoms with van der Waals surface area (Å²) in [6.45, 7) is 5.85. The molecule has 2 N–H and O–H groups in total. The van der Waals surface area contributed by atoms with Crippen LogP contribution in [0.4, 0.5) is 10.5 Å². The standard InChI is InChI=1S/C32H46N2O7S/c1-19(2)27(31(38)40-4)33-32(39)41-24-16-14-23(15-17-24)34(29(35)22-12-10-20(3)11-13-22)25-18-26(42-28(25)30(36)37)21-8-6-5-7-9-21/h8,18-20,22-24,27H,5-7,9-17H2,1-4H3,(H,33,39)(H,36,37). The first kappa shape index (κ1) is 32.0. The summed E-state index contributed by atoms with van der Waals surface area (Å²) in [5.74, 6) is -1.20. The molecule has 2 saturated carbocycles. The number of carbonyl (C=O) groups is 4. The second kappa shape index (κ2) is 14.5. The van der Waals surface area contributed by atoms with Crippen LogP contribution in [0.3, 0.4) is 0 Å². The Morgan fingerprint density at radius 1 is 1.02 bits per heavy atom. The maximum atomic E-state index is 14.2. The molecule has 1 aromatic heterocycles. The Kier molecular flexibility index (Phi) is 11.1. The molecule has 1 unspecified atom stereocenters. The first-order chi connectivity index (χ1) is 20.1. The first-order valence-electron chi connectivity index (χ1n) is 15.5. The van der Waals surface area contributed by atoms with Crippen molar-refractivity contribution in [1.82, 2.24) is 5.32 Å². The fraction of sp³-hybridized carbons (Fsp3) is 0.688. The van der Waals surface area contributed by atoms with Gasteiger partial charge in [-0.15, -0.1) is 11.3 Å². The number of alkyl carbamates (subject to hydrolysis) is 1. The van der Waals surface area contributed by atoms with Gasteiger partial charge in [0.05, 0.1) is 12.8 Å². The van der Waals surface area contributed by atoms with Gasteiger partial charge in [0.1, 0.15) is 17.0 Å². The minimum atomic E-state index is -1.01. The molecule has 0 saturated heterocycles. The molecule has 2 amide bonds. The van der Waals surface area contributed by atoms with Crippen molar-refractivity contribution < 1.29 is 33.8 Å². The lowest BCUT2D eigenvalue weighted by molar-refractivity contribution is -0.144. The average Bonchev–Trinajstić information content (AvgIpc) is 3.42. The lowest BCUT2D eigenvalue weighted by Gasteiger charge is -2.39. The number of carboxylic acid groups (broad SMARTS) is 1. The number of amides is 2. The van der Waals surface area contributed by atoms with Crippen molar-refractivity contribution in [3.63, 3.8) is 0 Å². The summed E-state index contributed by atoms with van der Waals surface area (Å²) >= 11 is 1.27. The molecular formula is C32H46N2O7S. The minimum absolute atomic E-state index is 0.0198. The Labute approximate surface area is 253 Å². The minimum Gasteiger partial charge on any atom is -0.477 e. The second-order valence-corrected chi connectivity index (χ2v) is 13.5. The van der Waals surface area contributed by atoms with E-state index in [-0.39, 0.29) is 34.8 Å². The zero-order valence-corrected chi connectivity index (χ0v) is 26.2. The number of nitrogens with one attached hydrogen (secondary N) is 1. The maximum Gasteiger partial charge on any atom is 0.408 e. The fourth-order valence-electron chi connectivity index (χ4n) is 6.49. The molecule has 42 heavy (non-hydrogen) atoms. The van der Waals surface area contributed by atoms with Crippen molar-refractivity contribution in [1.29, 1.82) is 0 Å². The van der Waals surface area contributed by atoms with Crippen molar-refractivity contribution in [3.05, 3.63) is 21.9 Å². The number of ether oxygens (including phenoxy) is 2. The summed E-state index contributed by atoms with van der Waals surface area (Å²) in [6, 6.07) is 0.953. The van der Waals surface area contributed by atoms with E-state index in [9.17, 15) is 24.3 Å². The number of anilines is 1. The van der Waals surface area contributed by atoms with E-state index in [0.29, 0.717) is 37.3 Å². The van der Waals surface area contributed by atoms with Crippen LogP contribution in [0.15, 0.2) is 12.1 Å². The van der Waals surface area contributed by atoms with Gasteiger partial charge < -0.3 is 24.8 Å². The Balaban J connectivity index is 1.53. The van der Waals surface area contributed by atoms with Gasteiger partial charge in [-0.25, -0.2) is 14.4 Å². The number of hydrogen-bond donors (Lipinski definition) is 2. The molecule has 10 heteroatoms. The van der Waals surface area contributed by atoms with Crippen molar-refractivity contribution >= 4 is 46.5 Å². The lowest BCUT2D eigenvalue weighted by Crippen LogP contribution is -2.48. The van der Waals surface area contributed by atoms with Gasteiger partial charge in [-0.05, 0) is 101 Å². The molecule has 0 aromatic carbocycles. The van der Waals surface area contributed by atoms with Crippen LogP contribution in [0, 0.1) is 17.8 Å². The van der Waals surface area contributed by atoms with E-state index in [1.54, 1.807) is 4.90 Å². The number of allylic oxidation sites excluding steroid dienone is 2. The third-order valence-corrected chi connectivity index (χ3v) is 10.2. The molecule has 0 spiro atoms. The van der Waals surface area contributed by atoms with Gasteiger partial charge in [-0.1, -0.05) is 26.8 Å². The normalized spacial score (nSPS) is 25.2. The topological polar surface area (TPSA) is 122 Å². The number of hydrogen-bond acceptors (Lipinski definition) is 7. The van der Waals surface area contributed by atoms with Crippen molar-refractivity contribution in [3.8, 4) is 0 Å².